The topological polar surface area (TPSA) is 38.9 Å². The summed E-state index contributed by atoms with van der Waals surface area (Å²) in [6.07, 6.45) is 2.76. The predicted molar refractivity (Wildman–Crippen MR) is 82.3 cm³/mol. The van der Waals surface area contributed by atoms with Gasteiger partial charge in [-0.3, -0.25) is 0 Å². The third-order valence-corrected chi connectivity index (χ3v) is 3.94. The zero-order valence-electron chi connectivity index (χ0n) is 11.0. The van der Waals surface area contributed by atoms with Crippen molar-refractivity contribution in [2.45, 2.75) is 6.42 Å². The van der Waals surface area contributed by atoms with Crippen molar-refractivity contribution < 1.29 is 0 Å². The molecule has 0 fully saturated rings. The van der Waals surface area contributed by atoms with Crippen LogP contribution in [0.4, 0.5) is 5.82 Å². The quantitative estimate of drug-likeness (QED) is 0.562. The van der Waals surface area contributed by atoms with Crippen molar-refractivity contribution in [3.05, 3.63) is 71.9 Å². The molecule has 0 saturated carbocycles. The molecule has 0 amide bonds. The highest BCUT2D eigenvalue weighted by molar-refractivity contribution is 5.85. The maximum absolute atomic E-state index is 5.81. The van der Waals surface area contributed by atoms with Crippen molar-refractivity contribution in [3.8, 4) is 22.3 Å². The standard InChI is InChI=1S/C18H14N2/c19-18-11-13(8-9-20-18)15-6-3-7-16-14-5-2-1-4-12(14)10-17(15)16/h1-9,11H,10H2,(H2,19,20). The molecule has 4 rings (SSSR count). The fourth-order valence-corrected chi connectivity index (χ4v) is 3.04. The Kier molecular flexibility index (Phi) is 2.36. The molecule has 2 nitrogen and oxygen atoms in total. The Balaban J connectivity index is 1.94. The molecule has 0 unspecified atom stereocenters. The second-order valence-electron chi connectivity index (χ2n) is 5.13. The zero-order chi connectivity index (χ0) is 13.5. The van der Waals surface area contributed by atoms with Crippen LogP contribution < -0.4 is 5.73 Å². The molecule has 1 heterocycles. The van der Waals surface area contributed by atoms with Crippen LogP contribution in [0.2, 0.25) is 0 Å². The first-order chi connectivity index (χ1) is 9.83. The van der Waals surface area contributed by atoms with Crippen molar-refractivity contribution in [2.75, 3.05) is 5.73 Å². The summed E-state index contributed by atoms with van der Waals surface area (Å²) >= 11 is 0. The molecule has 1 aliphatic carbocycles. The highest BCUT2D eigenvalue weighted by atomic mass is 14.8. The van der Waals surface area contributed by atoms with E-state index in [4.69, 9.17) is 5.73 Å². The molecular formula is C18H14N2. The molecule has 0 bridgehead atoms. The van der Waals surface area contributed by atoms with E-state index in [1.54, 1.807) is 6.20 Å². The number of fused-ring (bicyclic) bond motifs is 3. The molecule has 20 heavy (non-hydrogen) atoms. The van der Waals surface area contributed by atoms with Crippen LogP contribution in [0.15, 0.2) is 60.8 Å². The maximum Gasteiger partial charge on any atom is 0.123 e. The molecule has 1 aliphatic rings. The lowest BCUT2D eigenvalue weighted by Crippen LogP contribution is -1.92. The SMILES string of the molecule is Nc1cc(-c2cccc3c2Cc2ccccc2-3)ccn1. The lowest BCUT2D eigenvalue weighted by molar-refractivity contribution is 1.26. The normalized spacial score (nSPS) is 12.0. The number of rotatable bonds is 1. The van der Waals surface area contributed by atoms with E-state index in [0.717, 1.165) is 12.0 Å². The van der Waals surface area contributed by atoms with Gasteiger partial charge in [-0.1, -0.05) is 42.5 Å². The Morgan fingerprint density at radius 2 is 1.65 bits per heavy atom. The van der Waals surface area contributed by atoms with Crippen molar-refractivity contribution >= 4 is 5.82 Å². The number of hydrogen-bond donors (Lipinski definition) is 1. The van der Waals surface area contributed by atoms with Gasteiger partial charge in [0.2, 0.25) is 0 Å². The van der Waals surface area contributed by atoms with E-state index < -0.39 is 0 Å². The molecule has 0 atom stereocenters. The lowest BCUT2D eigenvalue weighted by atomic mass is 9.96. The Bertz CT molecular complexity index is 806. The number of anilines is 1. The van der Waals surface area contributed by atoms with Crippen LogP contribution in [0.1, 0.15) is 11.1 Å². The van der Waals surface area contributed by atoms with E-state index in [1.165, 1.54) is 27.8 Å². The van der Waals surface area contributed by atoms with Crippen LogP contribution >= 0.6 is 0 Å². The van der Waals surface area contributed by atoms with E-state index in [0.29, 0.717) is 5.82 Å². The fourth-order valence-electron chi connectivity index (χ4n) is 3.04. The summed E-state index contributed by atoms with van der Waals surface area (Å²) in [5.41, 5.74) is 13.7. The zero-order valence-corrected chi connectivity index (χ0v) is 11.0. The van der Waals surface area contributed by atoms with Crippen LogP contribution in [-0.2, 0) is 6.42 Å². The Labute approximate surface area is 117 Å². The number of nitrogens with zero attached hydrogens (tertiary/aromatic N) is 1. The smallest absolute Gasteiger partial charge is 0.123 e. The lowest BCUT2D eigenvalue weighted by Gasteiger charge is -2.09. The minimum Gasteiger partial charge on any atom is -0.384 e. The molecule has 0 saturated heterocycles. The maximum atomic E-state index is 5.81. The van der Waals surface area contributed by atoms with Gasteiger partial charge in [-0.15, -0.1) is 0 Å². The molecular weight excluding hydrogens is 244 g/mol. The van der Waals surface area contributed by atoms with Gasteiger partial charge in [-0.25, -0.2) is 4.98 Å². The van der Waals surface area contributed by atoms with Crippen LogP contribution in [0, 0.1) is 0 Å². The molecule has 0 radical (unpaired) electrons. The van der Waals surface area contributed by atoms with Crippen molar-refractivity contribution in [3.63, 3.8) is 0 Å². The number of aromatic nitrogens is 1. The molecule has 1 aromatic heterocycles. The Morgan fingerprint density at radius 1 is 0.850 bits per heavy atom. The number of pyridine rings is 1. The fraction of sp³-hybridized carbons (Fsp3) is 0.0556. The molecule has 0 aliphatic heterocycles. The second-order valence-corrected chi connectivity index (χ2v) is 5.13. The van der Waals surface area contributed by atoms with Gasteiger partial charge in [0.15, 0.2) is 0 Å². The summed E-state index contributed by atoms with van der Waals surface area (Å²) in [5.74, 6) is 0.565. The molecule has 2 N–H and O–H groups in total. The van der Waals surface area contributed by atoms with Crippen LogP contribution in [0.25, 0.3) is 22.3 Å². The van der Waals surface area contributed by atoms with Gasteiger partial charge in [-0.2, -0.15) is 0 Å². The van der Waals surface area contributed by atoms with E-state index in [-0.39, 0.29) is 0 Å². The van der Waals surface area contributed by atoms with Crippen LogP contribution in [-0.4, -0.2) is 4.98 Å². The third-order valence-electron chi connectivity index (χ3n) is 3.94. The first-order valence-corrected chi connectivity index (χ1v) is 6.75. The number of nitrogen functional groups attached to an aromatic ring is 1. The summed E-state index contributed by atoms with van der Waals surface area (Å²) < 4.78 is 0. The Morgan fingerprint density at radius 3 is 2.55 bits per heavy atom. The van der Waals surface area contributed by atoms with E-state index >= 15 is 0 Å². The summed E-state index contributed by atoms with van der Waals surface area (Å²) in [6.45, 7) is 0. The largest absolute Gasteiger partial charge is 0.384 e. The molecule has 3 aromatic rings. The highest BCUT2D eigenvalue weighted by Gasteiger charge is 2.20. The van der Waals surface area contributed by atoms with Gasteiger partial charge in [0, 0.05) is 6.20 Å². The molecule has 0 spiro atoms. The monoisotopic (exact) mass is 258 g/mol. The summed E-state index contributed by atoms with van der Waals surface area (Å²) in [7, 11) is 0. The number of benzene rings is 2. The van der Waals surface area contributed by atoms with Gasteiger partial charge in [0.1, 0.15) is 5.82 Å². The second kappa shape index (κ2) is 4.20. The summed E-state index contributed by atoms with van der Waals surface area (Å²) in [5, 5.41) is 0. The first kappa shape index (κ1) is 11.2. The van der Waals surface area contributed by atoms with Crippen LogP contribution in [0.3, 0.4) is 0 Å². The molecule has 96 valence electrons. The average Bonchev–Trinajstić information content (AvgIpc) is 2.86. The Hall–Kier alpha value is -2.61. The van der Waals surface area contributed by atoms with Gasteiger partial charge < -0.3 is 5.73 Å². The van der Waals surface area contributed by atoms with Crippen molar-refractivity contribution in [2.24, 2.45) is 0 Å². The van der Waals surface area contributed by atoms with E-state index in [2.05, 4.69) is 47.4 Å². The predicted octanol–water partition coefficient (Wildman–Crippen LogP) is 3.90. The van der Waals surface area contributed by atoms with Crippen molar-refractivity contribution in [1.82, 2.24) is 4.98 Å². The van der Waals surface area contributed by atoms with Crippen LogP contribution in [0.5, 0.6) is 0 Å². The summed E-state index contributed by atoms with van der Waals surface area (Å²) in [6, 6.07) is 19.1. The van der Waals surface area contributed by atoms with E-state index in [1.807, 2.05) is 12.1 Å². The van der Waals surface area contributed by atoms with Crippen molar-refractivity contribution in [1.29, 1.82) is 0 Å². The molecule has 2 heteroatoms. The van der Waals surface area contributed by atoms with Gasteiger partial charge >= 0.3 is 0 Å². The third kappa shape index (κ3) is 1.62. The summed E-state index contributed by atoms with van der Waals surface area (Å²) in [4.78, 5) is 4.08. The van der Waals surface area contributed by atoms with Gasteiger partial charge in [-0.05, 0) is 51.9 Å². The minimum atomic E-state index is 0.565. The van der Waals surface area contributed by atoms with E-state index in [9.17, 15) is 0 Å². The first-order valence-electron chi connectivity index (χ1n) is 6.75. The van der Waals surface area contributed by atoms with Gasteiger partial charge in [0.05, 0.1) is 0 Å². The average molecular weight is 258 g/mol. The molecule has 2 aromatic carbocycles. The minimum absolute atomic E-state index is 0.565. The number of hydrogen-bond acceptors (Lipinski definition) is 2. The highest BCUT2D eigenvalue weighted by Crippen LogP contribution is 2.41. The number of nitrogens with two attached hydrogens (primary N) is 1. The van der Waals surface area contributed by atoms with Gasteiger partial charge in [0.25, 0.3) is 0 Å².